The third-order valence-corrected chi connectivity index (χ3v) is 8.52. The van der Waals surface area contributed by atoms with Crippen LogP contribution in [-0.4, -0.2) is 52.1 Å². The molecule has 1 aliphatic rings. The maximum atomic E-state index is 15.5. The first-order valence-corrected chi connectivity index (χ1v) is 16.7. The number of methoxy groups -OCH3 is 2. The summed E-state index contributed by atoms with van der Waals surface area (Å²) < 4.78 is 44.1. The van der Waals surface area contributed by atoms with Crippen molar-refractivity contribution in [3.63, 3.8) is 0 Å². The molecule has 0 spiro atoms. The lowest BCUT2D eigenvalue weighted by atomic mass is 9.50. The average Bonchev–Trinajstić information content (AvgIpc) is 3.14. The highest BCUT2D eigenvalue weighted by Gasteiger charge is 2.21. The molecule has 1 atom stereocenters. The Morgan fingerprint density at radius 3 is 2.48 bits per heavy atom. The molecule has 1 N–H and O–H groups in total. The second kappa shape index (κ2) is 17.4. The SMILES string of the molecule is COC(=O)c1ccc(-c2ccc(Oc3cc(CC(=O)Nc4cccc(OC)c4)c(CCB(C)C#N)cc3OCC3CCCCO3)cc2F)cc1. The number of amides is 1. The number of nitrogens with one attached hydrogen (secondary N) is 1. The maximum Gasteiger partial charge on any atom is 0.337 e. The minimum absolute atomic E-state index is 0.0186. The molecule has 1 unspecified atom stereocenters. The predicted molar refractivity (Wildman–Crippen MR) is 190 cm³/mol. The second-order valence-electron chi connectivity index (χ2n) is 12.2. The predicted octanol–water partition coefficient (Wildman–Crippen LogP) is 7.94. The monoisotopic (exact) mass is 678 g/mol. The van der Waals surface area contributed by atoms with Crippen LogP contribution >= 0.6 is 0 Å². The van der Waals surface area contributed by atoms with Crippen molar-refractivity contribution in [2.75, 3.05) is 32.8 Å². The number of carbonyl (C=O) groups is 2. The van der Waals surface area contributed by atoms with E-state index in [1.54, 1.807) is 73.8 Å². The summed E-state index contributed by atoms with van der Waals surface area (Å²) >= 11 is 0. The van der Waals surface area contributed by atoms with E-state index >= 15 is 4.39 Å². The summed E-state index contributed by atoms with van der Waals surface area (Å²) in [6.07, 6.45) is 3.99. The molecule has 5 rings (SSSR count). The van der Waals surface area contributed by atoms with Gasteiger partial charge in [0.05, 0.1) is 32.3 Å². The Labute approximate surface area is 292 Å². The lowest BCUT2D eigenvalue weighted by Gasteiger charge is -2.24. The first kappa shape index (κ1) is 36.0. The first-order valence-electron chi connectivity index (χ1n) is 16.7. The molecule has 258 valence electrons. The van der Waals surface area contributed by atoms with Crippen LogP contribution in [0.4, 0.5) is 10.1 Å². The highest BCUT2D eigenvalue weighted by atomic mass is 19.1. The molecule has 4 aromatic carbocycles. The Morgan fingerprint density at radius 2 is 1.78 bits per heavy atom. The van der Waals surface area contributed by atoms with Crippen molar-refractivity contribution in [1.29, 1.82) is 5.26 Å². The molecular formula is C39H40BFN2O7. The normalized spacial score (nSPS) is 13.9. The van der Waals surface area contributed by atoms with Crippen LogP contribution in [0.1, 0.15) is 40.7 Å². The van der Waals surface area contributed by atoms with Crippen LogP contribution in [0.3, 0.4) is 0 Å². The van der Waals surface area contributed by atoms with E-state index in [0.29, 0.717) is 71.1 Å². The average molecular weight is 679 g/mol. The number of aryl methyl sites for hydroxylation is 1. The van der Waals surface area contributed by atoms with Crippen molar-refractivity contribution in [1.82, 2.24) is 0 Å². The summed E-state index contributed by atoms with van der Waals surface area (Å²) in [6, 6.07) is 21.7. The van der Waals surface area contributed by atoms with Gasteiger partial charge in [0.1, 0.15) is 23.9 Å². The van der Waals surface area contributed by atoms with Gasteiger partial charge in [-0.1, -0.05) is 31.3 Å². The topological polar surface area (TPSA) is 116 Å². The number of rotatable bonds is 14. The molecule has 1 saturated heterocycles. The fourth-order valence-corrected chi connectivity index (χ4v) is 5.70. The summed E-state index contributed by atoms with van der Waals surface area (Å²) in [6.45, 7) is 2.64. The number of ether oxygens (including phenoxy) is 5. The zero-order valence-electron chi connectivity index (χ0n) is 28.5. The number of anilines is 1. The molecule has 1 heterocycles. The van der Waals surface area contributed by atoms with Crippen molar-refractivity contribution >= 4 is 24.3 Å². The zero-order chi connectivity index (χ0) is 35.5. The number of carbonyl (C=O) groups excluding carboxylic acids is 2. The van der Waals surface area contributed by atoms with Crippen LogP contribution in [0.5, 0.6) is 23.0 Å². The smallest absolute Gasteiger partial charge is 0.337 e. The van der Waals surface area contributed by atoms with Crippen LogP contribution in [-0.2, 0) is 27.1 Å². The van der Waals surface area contributed by atoms with E-state index in [1.165, 1.54) is 13.2 Å². The zero-order valence-corrected chi connectivity index (χ0v) is 28.5. The molecule has 9 nitrogen and oxygen atoms in total. The number of hydrogen-bond acceptors (Lipinski definition) is 8. The molecule has 0 saturated carbocycles. The van der Waals surface area contributed by atoms with Gasteiger partial charge in [-0.3, -0.25) is 4.79 Å². The molecule has 1 aliphatic heterocycles. The van der Waals surface area contributed by atoms with E-state index in [-0.39, 0.29) is 30.9 Å². The molecular weight excluding hydrogens is 638 g/mol. The second-order valence-corrected chi connectivity index (χ2v) is 12.2. The van der Waals surface area contributed by atoms with Crippen molar-refractivity contribution in [3.8, 4) is 40.1 Å². The molecule has 0 aromatic heterocycles. The van der Waals surface area contributed by atoms with E-state index in [2.05, 4.69) is 11.3 Å². The van der Waals surface area contributed by atoms with E-state index in [9.17, 15) is 14.9 Å². The molecule has 0 aliphatic carbocycles. The van der Waals surface area contributed by atoms with Gasteiger partial charge in [0.15, 0.2) is 11.5 Å². The molecule has 0 radical (unpaired) electrons. The van der Waals surface area contributed by atoms with Gasteiger partial charge < -0.3 is 29.0 Å². The summed E-state index contributed by atoms with van der Waals surface area (Å²) in [7, 11) is 2.86. The van der Waals surface area contributed by atoms with Gasteiger partial charge in [-0.25, -0.2) is 14.4 Å². The summed E-state index contributed by atoms with van der Waals surface area (Å²) in [5.74, 6) is 2.62. The number of esters is 1. The number of nitriles is 1. The van der Waals surface area contributed by atoms with Crippen molar-refractivity contribution in [2.45, 2.75) is 51.4 Å². The first-order chi connectivity index (χ1) is 24.3. The van der Waals surface area contributed by atoms with E-state index in [0.717, 1.165) is 24.8 Å². The van der Waals surface area contributed by atoms with Crippen LogP contribution in [0, 0.1) is 17.0 Å². The van der Waals surface area contributed by atoms with Gasteiger partial charge in [-0.15, -0.1) is 0 Å². The van der Waals surface area contributed by atoms with Crippen LogP contribution < -0.4 is 19.5 Å². The molecule has 50 heavy (non-hydrogen) atoms. The quantitative estimate of drug-likeness (QED) is 0.106. The number of benzene rings is 4. The molecule has 4 aromatic rings. The van der Waals surface area contributed by atoms with E-state index < -0.39 is 11.8 Å². The minimum Gasteiger partial charge on any atom is -0.497 e. The van der Waals surface area contributed by atoms with Gasteiger partial charge in [0, 0.05) is 36.0 Å². The Hall–Kier alpha value is -5.34. The molecule has 1 amide bonds. The van der Waals surface area contributed by atoms with Gasteiger partial charge in [0.2, 0.25) is 5.91 Å². The van der Waals surface area contributed by atoms with Crippen molar-refractivity contribution < 1.29 is 37.7 Å². The summed E-state index contributed by atoms with van der Waals surface area (Å²) in [4.78, 5) is 25.2. The molecule has 1 fully saturated rings. The highest BCUT2D eigenvalue weighted by Crippen LogP contribution is 2.37. The Bertz CT molecular complexity index is 1840. The number of hydrogen-bond donors (Lipinski definition) is 1. The Kier molecular flexibility index (Phi) is 12.5. The van der Waals surface area contributed by atoms with Crippen molar-refractivity contribution in [2.24, 2.45) is 0 Å². The lowest BCUT2D eigenvalue weighted by Crippen LogP contribution is -2.26. The standard InChI is InChI=1S/C39H40BFN2O7/c1-40(25-42)17-16-28-19-36(49-24-33-8-4-5-18-48-33)37(20-29(28)21-38(44)43-30-7-6-9-31(22-30)46-2)50-32-14-15-34(35(41)23-32)26-10-12-27(13-11-26)39(45)47-3/h6-7,9-15,19-20,22-23,33H,4-5,8,16-18,21,24H2,1-3H3,(H,43,44). The van der Waals surface area contributed by atoms with Crippen LogP contribution in [0.25, 0.3) is 11.1 Å². The largest absolute Gasteiger partial charge is 0.497 e. The summed E-state index contributed by atoms with van der Waals surface area (Å²) in [5, 5.41) is 12.4. The Balaban J connectivity index is 1.45. The van der Waals surface area contributed by atoms with Gasteiger partial charge in [-0.2, -0.15) is 0 Å². The third-order valence-electron chi connectivity index (χ3n) is 8.52. The van der Waals surface area contributed by atoms with E-state index in [1.807, 2.05) is 12.9 Å². The molecule has 11 heteroatoms. The van der Waals surface area contributed by atoms with Crippen molar-refractivity contribution in [3.05, 3.63) is 101 Å². The fourth-order valence-electron chi connectivity index (χ4n) is 5.70. The number of halogens is 1. The fraction of sp³-hybridized carbons (Fsp3) is 0.308. The number of nitrogens with zero attached hydrogens (tertiary/aromatic N) is 1. The summed E-state index contributed by atoms with van der Waals surface area (Å²) in [5.41, 5.74) is 3.40. The Morgan fingerprint density at radius 1 is 0.980 bits per heavy atom. The van der Waals surface area contributed by atoms with Gasteiger partial charge in [0.25, 0.3) is 6.71 Å². The molecule has 0 bridgehead atoms. The van der Waals surface area contributed by atoms with Gasteiger partial charge >= 0.3 is 5.97 Å². The maximum absolute atomic E-state index is 15.5. The lowest BCUT2D eigenvalue weighted by molar-refractivity contribution is -0.115. The van der Waals surface area contributed by atoms with Crippen LogP contribution in [0.2, 0.25) is 13.1 Å². The highest BCUT2D eigenvalue weighted by molar-refractivity contribution is 6.65. The van der Waals surface area contributed by atoms with E-state index in [4.69, 9.17) is 23.7 Å². The third kappa shape index (κ3) is 9.64. The van der Waals surface area contributed by atoms with Crippen LogP contribution in [0.15, 0.2) is 78.9 Å². The van der Waals surface area contributed by atoms with Gasteiger partial charge in [-0.05, 0) is 90.9 Å². The minimum atomic E-state index is -0.522.